The summed E-state index contributed by atoms with van der Waals surface area (Å²) >= 11 is 12.7. The normalized spacial score (nSPS) is 26.9. The highest BCUT2D eigenvalue weighted by atomic mass is 35.5. The number of likely N-dealkylation sites (tertiary alicyclic amines) is 1. The number of hydrogen-bond donors (Lipinski definition) is 1. The van der Waals surface area contributed by atoms with Gasteiger partial charge in [0.05, 0.1) is 28.9 Å². The van der Waals surface area contributed by atoms with Gasteiger partial charge in [0.15, 0.2) is 0 Å². The summed E-state index contributed by atoms with van der Waals surface area (Å²) in [4.78, 5) is 16.2. The Hall–Kier alpha value is -2.06. The van der Waals surface area contributed by atoms with E-state index in [9.17, 15) is 14.3 Å². The number of halogens is 3. The van der Waals surface area contributed by atoms with Crippen LogP contribution < -0.4 is 9.64 Å². The number of cyclic esters (lactones) is 1. The Morgan fingerprint density at radius 2 is 2.03 bits per heavy atom. The van der Waals surface area contributed by atoms with Gasteiger partial charge >= 0.3 is 6.09 Å². The first kappa shape index (κ1) is 23.7. The fourth-order valence-electron chi connectivity index (χ4n) is 5.24. The zero-order valence-corrected chi connectivity index (χ0v) is 20.5. The first-order valence-corrected chi connectivity index (χ1v) is 12.3. The molecule has 9 heteroatoms. The van der Waals surface area contributed by atoms with E-state index in [1.807, 2.05) is 13.8 Å². The Bertz CT molecular complexity index is 1110. The molecule has 1 N–H and O–H groups in total. The zero-order valence-electron chi connectivity index (χ0n) is 19.0. The summed E-state index contributed by atoms with van der Waals surface area (Å²) in [6.07, 6.45) is -0.254. The average Bonchev–Trinajstić information content (AvgIpc) is 3.47. The summed E-state index contributed by atoms with van der Waals surface area (Å²) in [5.74, 6) is 0.228. The Balaban J connectivity index is 1.51. The molecule has 0 spiro atoms. The van der Waals surface area contributed by atoms with E-state index in [-0.39, 0.29) is 23.8 Å². The predicted molar refractivity (Wildman–Crippen MR) is 128 cm³/mol. The van der Waals surface area contributed by atoms with Crippen molar-refractivity contribution >= 4 is 35.0 Å². The number of ether oxygens (including phenoxy) is 2. The number of carbonyl (C=O) groups is 1. The van der Waals surface area contributed by atoms with Crippen LogP contribution in [0.15, 0.2) is 30.3 Å². The van der Waals surface area contributed by atoms with Gasteiger partial charge < -0.3 is 14.6 Å². The molecule has 2 aromatic carbocycles. The number of aliphatic hydroxyl groups excluding tert-OH is 1. The first-order valence-electron chi connectivity index (χ1n) is 11.5. The number of amides is 1. The minimum Gasteiger partial charge on any atom is -0.482 e. The highest BCUT2D eigenvalue weighted by molar-refractivity contribution is 6.32. The quantitative estimate of drug-likeness (QED) is 0.599. The monoisotopic (exact) mass is 508 g/mol. The van der Waals surface area contributed by atoms with Crippen molar-refractivity contribution in [1.29, 1.82) is 0 Å². The lowest BCUT2D eigenvalue weighted by molar-refractivity contribution is 0.0819. The molecule has 5 rings (SSSR count). The molecule has 0 radical (unpaired) electrons. The second-order valence-corrected chi connectivity index (χ2v) is 10.4. The van der Waals surface area contributed by atoms with E-state index in [4.69, 9.17) is 32.7 Å². The molecular weight excluding hydrogens is 482 g/mol. The molecule has 2 saturated heterocycles. The molecule has 2 aromatic rings. The second kappa shape index (κ2) is 9.19. The molecule has 2 fully saturated rings. The first-order chi connectivity index (χ1) is 16.2. The van der Waals surface area contributed by atoms with Gasteiger partial charge in [-0.25, -0.2) is 9.18 Å². The van der Waals surface area contributed by atoms with Crippen LogP contribution in [0.25, 0.3) is 0 Å². The van der Waals surface area contributed by atoms with E-state index in [1.54, 1.807) is 29.2 Å². The van der Waals surface area contributed by atoms with Crippen molar-refractivity contribution in [3.8, 4) is 5.75 Å². The Labute approximate surface area is 208 Å². The van der Waals surface area contributed by atoms with Gasteiger partial charge in [-0.05, 0) is 48.6 Å². The van der Waals surface area contributed by atoms with E-state index in [0.29, 0.717) is 65.1 Å². The van der Waals surface area contributed by atoms with Crippen molar-refractivity contribution in [3.05, 3.63) is 57.3 Å². The second-order valence-electron chi connectivity index (χ2n) is 9.58. The number of nitrogens with zero attached hydrogens (tertiary/aromatic N) is 2. The van der Waals surface area contributed by atoms with Gasteiger partial charge in [0.1, 0.15) is 24.3 Å². The minimum absolute atomic E-state index is 0.0968. The maximum atomic E-state index is 14.8. The molecule has 0 saturated carbocycles. The number of benzene rings is 2. The Morgan fingerprint density at radius 1 is 1.24 bits per heavy atom. The standard InChI is InChI=1S/C25H27Cl2FN2O4/c1-13(2)22-12-33-25(32)30(22)15-3-4-19(27)23(9-15)34-24-18-7-14(26)8-20(28)17(18)10-21(24)29-6-5-16(31)11-29/h3-4,7-9,13,16,21-22,24,31H,5-6,10-12H2,1-2H3/t16-,21+,22?,24+/m1/s1. The van der Waals surface area contributed by atoms with Gasteiger partial charge in [0.25, 0.3) is 0 Å². The predicted octanol–water partition coefficient (Wildman–Crippen LogP) is 5.23. The van der Waals surface area contributed by atoms with Gasteiger partial charge in [-0.15, -0.1) is 0 Å². The van der Waals surface area contributed by atoms with E-state index < -0.39 is 18.3 Å². The molecule has 1 unspecified atom stereocenters. The molecule has 2 heterocycles. The molecular formula is C25H27Cl2FN2O4. The van der Waals surface area contributed by atoms with Crippen molar-refractivity contribution in [2.45, 2.75) is 51.0 Å². The highest BCUT2D eigenvalue weighted by Gasteiger charge is 2.42. The van der Waals surface area contributed by atoms with Crippen LogP contribution in [0.5, 0.6) is 5.75 Å². The van der Waals surface area contributed by atoms with E-state index >= 15 is 0 Å². The summed E-state index contributed by atoms with van der Waals surface area (Å²) in [6.45, 7) is 5.59. The van der Waals surface area contributed by atoms with Crippen LogP contribution in [0.2, 0.25) is 10.0 Å². The number of hydrogen-bond acceptors (Lipinski definition) is 5. The number of aliphatic hydroxyl groups is 1. The van der Waals surface area contributed by atoms with Crippen molar-refractivity contribution in [1.82, 2.24) is 4.90 Å². The molecule has 6 nitrogen and oxygen atoms in total. The van der Waals surface area contributed by atoms with Crippen LogP contribution in [-0.4, -0.2) is 54.0 Å². The smallest absolute Gasteiger partial charge is 0.414 e. The van der Waals surface area contributed by atoms with E-state index in [2.05, 4.69) is 4.90 Å². The number of β-amino-alcohol motifs (C(OH)–C–C–N with tert-alkyl or cyclic N) is 1. The lowest BCUT2D eigenvalue weighted by Crippen LogP contribution is -2.39. The van der Waals surface area contributed by atoms with Crippen LogP contribution in [-0.2, 0) is 11.2 Å². The Morgan fingerprint density at radius 3 is 2.74 bits per heavy atom. The third kappa shape index (κ3) is 4.24. The summed E-state index contributed by atoms with van der Waals surface area (Å²) in [5.41, 5.74) is 1.87. The van der Waals surface area contributed by atoms with Crippen molar-refractivity contribution < 1.29 is 23.8 Å². The summed E-state index contributed by atoms with van der Waals surface area (Å²) in [5, 5.41) is 10.8. The molecule has 182 valence electrons. The van der Waals surface area contributed by atoms with Crippen LogP contribution in [0.3, 0.4) is 0 Å². The fourth-order valence-corrected chi connectivity index (χ4v) is 5.62. The zero-order chi connectivity index (χ0) is 24.1. The molecule has 34 heavy (non-hydrogen) atoms. The molecule has 1 amide bonds. The largest absolute Gasteiger partial charge is 0.482 e. The topological polar surface area (TPSA) is 62.2 Å². The molecule has 2 aliphatic heterocycles. The summed E-state index contributed by atoms with van der Waals surface area (Å²) < 4.78 is 26.6. The number of rotatable bonds is 5. The van der Waals surface area contributed by atoms with Gasteiger partial charge in [0, 0.05) is 29.7 Å². The SMILES string of the molecule is CC(C)C1COC(=O)N1c1ccc(Cl)c(O[C@H]2c3cc(Cl)cc(F)c3C[C@@H]2N2CC[C@@H](O)C2)c1. The number of fused-ring (bicyclic) bond motifs is 1. The molecule has 0 bridgehead atoms. The van der Waals surface area contributed by atoms with Crippen LogP contribution >= 0.6 is 23.2 Å². The van der Waals surface area contributed by atoms with Crippen LogP contribution in [0, 0.1) is 11.7 Å². The third-order valence-electron chi connectivity index (χ3n) is 7.05. The van der Waals surface area contributed by atoms with Crippen LogP contribution in [0.1, 0.15) is 37.5 Å². The molecule has 0 aromatic heterocycles. The maximum Gasteiger partial charge on any atom is 0.414 e. The maximum absolute atomic E-state index is 14.8. The number of anilines is 1. The molecule has 1 aliphatic carbocycles. The van der Waals surface area contributed by atoms with Crippen molar-refractivity contribution in [2.24, 2.45) is 5.92 Å². The third-order valence-corrected chi connectivity index (χ3v) is 7.58. The summed E-state index contributed by atoms with van der Waals surface area (Å²) in [7, 11) is 0. The van der Waals surface area contributed by atoms with Gasteiger partial charge in [-0.3, -0.25) is 9.80 Å². The van der Waals surface area contributed by atoms with E-state index in [0.717, 1.165) is 0 Å². The number of carbonyl (C=O) groups excluding carboxylic acids is 1. The van der Waals surface area contributed by atoms with Gasteiger partial charge in [-0.1, -0.05) is 37.0 Å². The van der Waals surface area contributed by atoms with E-state index in [1.165, 1.54) is 6.07 Å². The van der Waals surface area contributed by atoms with Crippen molar-refractivity contribution in [2.75, 3.05) is 24.6 Å². The summed E-state index contributed by atoms with van der Waals surface area (Å²) in [6, 6.07) is 7.97. The average molecular weight is 509 g/mol. The molecule has 4 atom stereocenters. The highest BCUT2D eigenvalue weighted by Crippen LogP contribution is 2.44. The van der Waals surface area contributed by atoms with Gasteiger partial charge in [-0.2, -0.15) is 0 Å². The Kier molecular flexibility index (Phi) is 6.40. The van der Waals surface area contributed by atoms with Crippen LogP contribution in [0.4, 0.5) is 14.9 Å². The minimum atomic E-state index is -0.535. The van der Waals surface area contributed by atoms with Gasteiger partial charge in [0.2, 0.25) is 0 Å². The van der Waals surface area contributed by atoms with Crippen molar-refractivity contribution in [3.63, 3.8) is 0 Å². The lowest BCUT2D eigenvalue weighted by atomic mass is 10.0. The lowest BCUT2D eigenvalue weighted by Gasteiger charge is -2.31. The molecule has 3 aliphatic rings. The fraction of sp³-hybridized carbons (Fsp3) is 0.480.